The fourth-order valence-electron chi connectivity index (χ4n) is 1.87. The molecule has 0 bridgehead atoms. The zero-order valence-corrected chi connectivity index (χ0v) is 18.2. The number of hydrogen-bond acceptors (Lipinski definition) is 3. The summed E-state index contributed by atoms with van der Waals surface area (Å²) in [6.45, 7) is 7.58. The molecule has 24 heavy (non-hydrogen) atoms. The molecular weight excluding hydrogens is 435 g/mol. The van der Waals surface area contributed by atoms with Gasteiger partial charge in [-0.3, -0.25) is 9.79 Å². The van der Waals surface area contributed by atoms with E-state index in [1.165, 1.54) is 12.5 Å². The van der Waals surface area contributed by atoms with Crippen molar-refractivity contribution in [2.45, 2.75) is 31.9 Å². The summed E-state index contributed by atoms with van der Waals surface area (Å²) >= 11 is 1.83. The zero-order valence-electron chi connectivity index (χ0n) is 15.1. The van der Waals surface area contributed by atoms with E-state index in [1.807, 2.05) is 36.0 Å². The second kappa shape index (κ2) is 11.6. The molecule has 0 aliphatic rings. The van der Waals surface area contributed by atoms with Crippen LogP contribution >= 0.6 is 35.7 Å². The number of carbonyl (C=O) groups is 1. The van der Waals surface area contributed by atoms with Gasteiger partial charge in [-0.15, -0.1) is 24.0 Å². The molecule has 0 aromatic heterocycles. The van der Waals surface area contributed by atoms with Gasteiger partial charge in [0.2, 0.25) is 5.91 Å². The summed E-state index contributed by atoms with van der Waals surface area (Å²) < 4.78 is 0.178. The predicted molar refractivity (Wildman–Crippen MR) is 117 cm³/mol. The van der Waals surface area contributed by atoms with Crippen molar-refractivity contribution in [2.75, 3.05) is 31.7 Å². The van der Waals surface area contributed by atoms with Crippen LogP contribution in [0.2, 0.25) is 0 Å². The molecule has 0 saturated carbocycles. The van der Waals surface area contributed by atoms with Crippen LogP contribution in [0.5, 0.6) is 0 Å². The molecule has 136 valence electrons. The molecule has 0 fully saturated rings. The van der Waals surface area contributed by atoms with E-state index in [0.717, 1.165) is 31.2 Å². The van der Waals surface area contributed by atoms with Crippen LogP contribution in [-0.4, -0.2) is 43.0 Å². The molecule has 3 N–H and O–H groups in total. The highest BCUT2D eigenvalue weighted by Crippen LogP contribution is 2.19. The van der Waals surface area contributed by atoms with Crippen LogP contribution in [-0.2, 0) is 11.2 Å². The van der Waals surface area contributed by atoms with Gasteiger partial charge < -0.3 is 16.0 Å². The number of benzene rings is 1. The third kappa shape index (κ3) is 9.36. The molecule has 0 spiro atoms. The molecule has 0 radical (unpaired) electrons. The molecule has 1 aromatic carbocycles. The van der Waals surface area contributed by atoms with E-state index < -0.39 is 0 Å². The lowest BCUT2D eigenvalue weighted by atomic mass is 10.1. The average Bonchev–Trinajstić information content (AvgIpc) is 2.51. The van der Waals surface area contributed by atoms with E-state index in [4.69, 9.17) is 0 Å². The first kappa shape index (κ1) is 23.0. The lowest BCUT2D eigenvalue weighted by Crippen LogP contribution is -2.43. The van der Waals surface area contributed by atoms with Gasteiger partial charge in [0.05, 0.1) is 0 Å². The Morgan fingerprint density at radius 3 is 2.33 bits per heavy atom. The number of nitrogens with one attached hydrogen (secondary N) is 3. The minimum Gasteiger partial charge on any atom is -0.356 e. The first-order valence-electron chi connectivity index (χ1n) is 7.72. The normalized spacial score (nSPS) is 11.5. The lowest BCUT2D eigenvalue weighted by Gasteiger charge is -2.23. The number of aliphatic imine (C=N–C) groups is 1. The Labute approximate surface area is 166 Å². The third-order valence-corrected chi connectivity index (χ3v) is 4.69. The summed E-state index contributed by atoms with van der Waals surface area (Å²) in [7, 11) is 1.78. The van der Waals surface area contributed by atoms with Gasteiger partial charge in [0, 0.05) is 37.5 Å². The second-order valence-electron chi connectivity index (χ2n) is 5.94. The van der Waals surface area contributed by atoms with Crippen LogP contribution in [0.25, 0.3) is 0 Å². The Kier molecular flexibility index (Phi) is 11.1. The molecule has 0 atom stereocenters. The minimum absolute atomic E-state index is 0. The summed E-state index contributed by atoms with van der Waals surface area (Å²) in [4.78, 5) is 15.2. The van der Waals surface area contributed by atoms with Gasteiger partial charge in [0.15, 0.2) is 5.96 Å². The summed E-state index contributed by atoms with van der Waals surface area (Å²) in [6, 6.07) is 7.90. The van der Waals surface area contributed by atoms with Crippen LogP contribution in [0.4, 0.5) is 5.69 Å². The van der Waals surface area contributed by atoms with Gasteiger partial charge in [-0.1, -0.05) is 12.1 Å². The van der Waals surface area contributed by atoms with Gasteiger partial charge >= 0.3 is 0 Å². The van der Waals surface area contributed by atoms with E-state index in [1.54, 1.807) is 7.05 Å². The fraction of sp³-hybridized carbons (Fsp3) is 0.529. The van der Waals surface area contributed by atoms with Crippen molar-refractivity contribution >= 4 is 53.3 Å². The van der Waals surface area contributed by atoms with E-state index >= 15 is 0 Å². The number of rotatable bonds is 7. The molecule has 0 saturated heterocycles. The van der Waals surface area contributed by atoms with E-state index in [2.05, 4.69) is 41.0 Å². The lowest BCUT2D eigenvalue weighted by molar-refractivity contribution is -0.114. The Bertz CT molecular complexity index is 532. The number of guanidine groups is 1. The second-order valence-corrected chi connectivity index (χ2v) is 7.46. The van der Waals surface area contributed by atoms with Crippen molar-refractivity contribution in [1.82, 2.24) is 10.6 Å². The summed E-state index contributed by atoms with van der Waals surface area (Å²) in [5.74, 6) is 0.768. The van der Waals surface area contributed by atoms with E-state index in [9.17, 15) is 4.79 Å². The van der Waals surface area contributed by atoms with Crippen molar-refractivity contribution in [3.8, 4) is 0 Å². The van der Waals surface area contributed by atoms with Crippen LogP contribution < -0.4 is 16.0 Å². The topological polar surface area (TPSA) is 65.5 Å². The van der Waals surface area contributed by atoms with Crippen LogP contribution in [0.1, 0.15) is 26.3 Å². The molecule has 1 amide bonds. The largest absolute Gasteiger partial charge is 0.356 e. The standard InChI is InChI=1S/C17H28N4OS.HI/c1-13(22)21-15-8-6-14(7-9-15)10-11-19-16(18-4)20-12-17(2,3)23-5;/h6-9H,10-12H2,1-5H3,(H,21,22)(H2,18,19,20);1H. The molecule has 7 heteroatoms. The number of halogens is 1. The van der Waals surface area contributed by atoms with Gasteiger partial charge in [-0.25, -0.2) is 0 Å². The quantitative estimate of drug-likeness (QED) is 0.330. The van der Waals surface area contributed by atoms with Gasteiger partial charge in [-0.2, -0.15) is 11.8 Å². The maximum Gasteiger partial charge on any atom is 0.221 e. The molecule has 0 heterocycles. The molecule has 1 aromatic rings. The highest BCUT2D eigenvalue weighted by molar-refractivity contribution is 14.0. The Hall–Kier alpha value is -0.960. The van der Waals surface area contributed by atoms with Crippen molar-refractivity contribution in [2.24, 2.45) is 4.99 Å². The highest BCUT2D eigenvalue weighted by atomic mass is 127. The van der Waals surface area contributed by atoms with Crippen molar-refractivity contribution in [3.05, 3.63) is 29.8 Å². The maximum absolute atomic E-state index is 11.0. The Balaban J connectivity index is 0.00000529. The first-order chi connectivity index (χ1) is 10.9. The zero-order chi connectivity index (χ0) is 17.3. The number of thioether (sulfide) groups is 1. The number of amides is 1. The monoisotopic (exact) mass is 464 g/mol. The van der Waals surface area contributed by atoms with E-state index in [-0.39, 0.29) is 34.6 Å². The molecule has 0 aliphatic heterocycles. The number of carbonyl (C=O) groups excluding carboxylic acids is 1. The van der Waals surface area contributed by atoms with E-state index in [0.29, 0.717) is 0 Å². The first-order valence-corrected chi connectivity index (χ1v) is 8.95. The average molecular weight is 464 g/mol. The fourth-order valence-corrected chi connectivity index (χ4v) is 2.09. The van der Waals surface area contributed by atoms with Gasteiger partial charge in [-0.05, 0) is 44.2 Å². The van der Waals surface area contributed by atoms with Crippen molar-refractivity contribution in [3.63, 3.8) is 0 Å². The smallest absolute Gasteiger partial charge is 0.221 e. The number of nitrogens with zero attached hydrogens (tertiary/aromatic N) is 1. The van der Waals surface area contributed by atoms with Crippen LogP contribution in [0, 0.1) is 0 Å². The minimum atomic E-state index is -0.0533. The maximum atomic E-state index is 11.0. The molecule has 5 nitrogen and oxygen atoms in total. The van der Waals surface area contributed by atoms with Crippen molar-refractivity contribution < 1.29 is 4.79 Å². The van der Waals surface area contributed by atoms with Crippen LogP contribution in [0.3, 0.4) is 0 Å². The van der Waals surface area contributed by atoms with Crippen molar-refractivity contribution in [1.29, 1.82) is 0 Å². The third-order valence-electron chi connectivity index (χ3n) is 3.44. The Morgan fingerprint density at radius 2 is 1.83 bits per heavy atom. The summed E-state index contributed by atoms with van der Waals surface area (Å²) in [5.41, 5.74) is 2.04. The summed E-state index contributed by atoms with van der Waals surface area (Å²) in [5, 5.41) is 9.44. The van der Waals surface area contributed by atoms with Gasteiger partial charge in [0.1, 0.15) is 0 Å². The summed E-state index contributed by atoms with van der Waals surface area (Å²) in [6.07, 6.45) is 3.01. The number of hydrogen-bond donors (Lipinski definition) is 3. The molecule has 1 rings (SSSR count). The predicted octanol–water partition coefficient (Wildman–Crippen LogP) is 3.11. The molecular formula is C17H29IN4OS. The Morgan fingerprint density at radius 1 is 1.21 bits per heavy atom. The SMILES string of the molecule is CN=C(NCCc1ccc(NC(C)=O)cc1)NCC(C)(C)SC.I. The highest BCUT2D eigenvalue weighted by Gasteiger charge is 2.15. The van der Waals surface area contributed by atoms with Gasteiger partial charge in [0.25, 0.3) is 0 Å². The van der Waals surface area contributed by atoms with Crippen LogP contribution in [0.15, 0.2) is 29.3 Å². The molecule has 0 unspecified atom stereocenters. The molecule has 0 aliphatic carbocycles. The number of anilines is 1.